The maximum atomic E-state index is 11.1. The Kier molecular flexibility index (Phi) is 4.82. The molecule has 1 N–H and O–H groups in total. The Bertz CT molecular complexity index is 830. The third-order valence-electron chi connectivity index (χ3n) is 3.43. The predicted molar refractivity (Wildman–Crippen MR) is 85.4 cm³/mol. The summed E-state index contributed by atoms with van der Waals surface area (Å²) < 4.78 is 44.3. The van der Waals surface area contributed by atoms with Crippen LogP contribution in [0.25, 0.3) is 0 Å². The molecule has 2 atom stereocenters. The molecule has 0 amide bonds. The maximum absolute atomic E-state index is 11.1. The van der Waals surface area contributed by atoms with Crippen LogP contribution in [0.15, 0.2) is 30.9 Å². The van der Waals surface area contributed by atoms with Crippen molar-refractivity contribution in [1.29, 1.82) is 0 Å². The molecular weight excluding hydrogens is 381 g/mol. The van der Waals surface area contributed by atoms with E-state index in [1.165, 1.54) is 23.4 Å². The zero-order chi connectivity index (χ0) is 17.4. The van der Waals surface area contributed by atoms with Crippen molar-refractivity contribution in [2.24, 2.45) is 0 Å². The number of benzene rings is 1. The van der Waals surface area contributed by atoms with E-state index < -0.39 is 27.8 Å². The summed E-state index contributed by atoms with van der Waals surface area (Å²) in [7, 11) is -4.21. The zero-order valence-corrected chi connectivity index (χ0v) is 14.5. The van der Waals surface area contributed by atoms with Gasteiger partial charge in [0.05, 0.1) is 11.6 Å². The van der Waals surface area contributed by atoms with E-state index >= 15 is 0 Å². The Morgan fingerprint density at radius 1 is 1.42 bits per heavy atom. The Morgan fingerprint density at radius 2 is 2.21 bits per heavy atom. The Morgan fingerprint density at radius 3 is 2.83 bits per heavy atom. The largest absolute Gasteiger partial charge is 0.342 e. The van der Waals surface area contributed by atoms with Gasteiger partial charge in [0, 0.05) is 10.6 Å². The van der Waals surface area contributed by atoms with E-state index in [0.717, 1.165) is 0 Å². The van der Waals surface area contributed by atoms with Crippen molar-refractivity contribution in [2.45, 2.75) is 18.4 Å². The van der Waals surface area contributed by atoms with E-state index in [1.807, 2.05) is 0 Å². The van der Waals surface area contributed by atoms with Crippen LogP contribution < -0.4 is 0 Å². The first-order chi connectivity index (χ1) is 11.3. The van der Waals surface area contributed by atoms with E-state index in [9.17, 15) is 8.42 Å². The van der Waals surface area contributed by atoms with Crippen LogP contribution in [0.2, 0.25) is 10.0 Å². The minimum absolute atomic E-state index is 0.0343. The number of ether oxygens (including phenoxy) is 2. The topological polar surface area (TPSA) is 104 Å². The summed E-state index contributed by atoms with van der Waals surface area (Å²) in [5.74, 6) is -1.96. The van der Waals surface area contributed by atoms with E-state index in [-0.39, 0.29) is 13.2 Å². The molecule has 2 aromatic rings. The van der Waals surface area contributed by atoms with E-state index in [4.69, 9.17) is 37.2 Å². The molecule has 1 aliphatic rings. The van der Waals surface area contributed by atoms with Crippen molar-refractivity contribution in [3.05, 3.63) is 46.5 Å². The van der Waals surface area contributed by atoms with Crippen LogP contribution in [0.3, 0.4) is 0 Å². The molecule has 1 fully saturated rings. The van der Waals surface area contributed by atoms with Gasteiger partial charge < -0.3 is 9.47 Å². The quantitative estimate of drug-likeness (QED) is 0.771. The molecule has 11 heteroatoms. The number of hydrogen-bond donors (Lipinski definition) is 1. The molecule has 0 bridgehead atoms. The summed E-state index contributed by atoms with van der Waals surface area (Å²) in [6.07, 6.45) is 1.96. The van der Waals surface area contributed by atoms with Gasteiger partial charge in [-0.05, 0) is 12.1 Å². The van der Waals surface area contributed by atoms with Crippen molar-refractivity contribution in [1.82, 2.24) is 14.8 Å². The molecule has 8 nitrogen and oxygen atoms in total. The summed E-state index contributed by atoms with van der Waals surface area (Å²) >= 11 is 12.2. The second kappa shape index (κ2) is 6.58. The first-order valence-electron chi connectivity index (χ1n) is 6.82. The second-order valence-corrected chi connectivity index (χ2v) is 7.61. The van der Waals surface area contributed by atoms with Crippen LogP contribution in [0.5, 0.6) is 0 Å². The predicted octanol–water partition coefficient (Wildman–Crippen LogP) is 1.74. The lowest BCUT2D eigenvalue weighted by molar-refractivity contribution is -0.186. The monoisotopic (exact) mass is 393 g/mol. The van der Waals surface area contributed by atoms with E-state index in [2.05, 4.69) is 10.1 Å². The minimum Gasteiger partial charge on any atom is -0.342 e. The molecule has 2 heterocycles. The van der Waals surface area contributed by atoms with Crippen molar-refractivity contribution >= 4 is 33.3 Å². The van der Waals surface area contributed by atoms with Crippen LogP contribution in [-0.2, 0) is 31.9 Å². The molecule has 0 saturated carbocycles. The Hall–Kier alpha value is -1.23. The highest BCUT2D eigenvalue weighted by molar-refractivity contribution is 7.85. The van der Waals surface area contributed by atoms with Gasteiger partial charge in [-0.3, -0.25) is 4.55 Å². The van der Waals surface area contributed by atoms with Crippen molar-refractivity contribution in [3.63, 3.8) is 0 Å². The zero-order valence-electron chi connectivity index (χ0n) is 12.2. The Labute approximate surface area is 148 Å². The third-order valence-corrected chi connectivity index (χ3v) is 4.77. The van der Waals surface area contributed by atoms with Crippen LogP contribution in [-0.4, -0.2) is 46.2 Å². The molecule has 1 aromatic heterocycles. The van der Waals surface area contributed by atoms with Gasteiger partial charge in [-0.25, -0.2) is 9.67 Å². The minimum atomic E-state index is -4.21. The summed E-state index contributed by atoms with van der Waals surface area (Å²) in [4.78, 5) is 3.85. The van der Waals surface area contributed by atoms with Gasteiger partial charge in [-0.15, -0.1) is 0 Å². The highest BCUT2D eigenvalue weighted by Crippen LogP contribution is 2.40. The summed E-state index contributed by atoms with van der Waals surface area (Å²) in [5, 5.41) is 4.74. The average Bonchev–Trinajstić information content (AvgIpc) is 3.08. The van der Waals surface area contributed by atoms with Gasteiger partial charge in [0.15, 0.2) is 0 Å². The third kappa shape index (κ3) is 3.88. The molecular formula is C13H13Cl2N3O5S. The van der Waals surface area contributed by atoms with Gasteiger partial charge in [0.25, 0.3) is 10.1 Å². The molecule has 1 saturated heterocycles. The smallest absolute Gasteiger partial charge is 0.267 e. The molecule has 1 aliphatic heterocycles. The normalized spacial score (nSPS) is 24.4. The number of aromatic nitrogens is 3. The van der Waals surface area contributed by atoms with Gasteiger partial charge in [0.2, 0.25) is 5.79 Å². The Balaban J connectivity index is 1.96. The van der Waals surface area contributed by atoms with Crippen LogP contribution in [0, 0.1) is 0 Å². The molecule has 0 aliphatic carbocycles. The number of rotatable bonds is 5. The first-order valence-corrected chi connectivity index (χ1v) is 9.19. The highest BCUT2D eigenvalue weighted by Gasteiger charge is 2.46. The van der Waals surface area contributed by atoms with Crippen LogP contribution >= 0.6 is 23.2 Å². The lowest BCUT2D eigenvalue weighted by Crippen LogP contribution is -2.35. The van der Waals surface area contributed by atoms with E-state index in [0.29, 0.717) is 15.6 Å². The molecule has 0 radical (unpaired) electrons. The highest BCUT2D eigenvalue weighted by atomic mass is 35.5. The number of halogens is 2. The first kappa shape index (κ1) is 17.6. The number of hydrogen-bond acceptors (Lipinski definition) is 6. The molecule has 24 heavy (non-hydrogen) atoms. The SMILES string of the molecule is O=S(=O)(O)CC1COC(Cn2cncn2)(c2ccc(Cl)cc2Cl)O1. The fraction of sp³-hybridized carbons (Fsp3) is 0.385. The molecule has 1 aromatic carbocycles. The van der Waals surface area contributed by atoms with Gasteiger partial charge in [0.1, 0.15) is 31.1 Å². The summed E-state index contributed by atoms with van der Waals surface area (Å²) in [5.41, 5.74) is 0.474. The fourth-order valence-corrected chi connectivity index (χ4v) is 3.70. The van der Waals surface area contributed by atoms with E-state index in [1.54, 1.807) is 12.1 Å². The van der Waals surface area contributed by atoms with Crippen molar-refractivity contribution in [3.8, 4) is 0 Å². The van der Waals surface area contributed by atoms with Crippen LogP contribution in [0.4, 0.5) is 0 Å². The lowest BCUT2D eigenvalue weighted by atomic mass is 10.1. The van der Waals surface area contributed by atoms with Crippen LogP contribution in [0.1, 0.15) is 5.56 Å². The van der Waals surface area contributed by atoms with Crippen molar-refractivity contribution < 1.29 is 22.4 Å². The summed E-state index contributed by atoms with van der Waals surface area (Å²) in [6.45, 7) is 0.0593. The second-order valence-electron chi connectivity index (χ2n) is 5.27. The molecule has 2 unspecified atom stereocenters. The molecule has 3 rings (SSSR count). The van der Waals surface area contributed by atoms with Gasteiger partial charge >= 0.3 is 0 Å². The average molecular weight is 394 g/mol. The molecule has 0 spiro atoms. The maximum Gasteiger partial charge on any atom is 0.267 e. The standard InChI is InChI=1S/C13H13Cl2N3O5S/c14-9-1-2-11(12(15)3-9)13(6-18-8-16-7-17-18)22-4-10(23-13)5-24(19,20)21/h1-3,7-8,10H,4-6H2,(H,19,20,21). The van der Waals surface area contributed by atoms with Gasteiger partial charge in [-0.2, -0.15) is 13.5 Å². The lowest BCUT2D eigenvalue weighted by Gasteiger charge is -2.29. The molecule has 130 valence electrons. The van der Waals surface area contributed by atoms with Gasteiger partial charge in [-0.1, -0.05) is 29.3 Å². The fourth-order valence-electron chi connectivity index (χ4n) is 2.52. The van der Waals surface area contributed by atoms with Crippen molar-refractivity contribution in [2.75, 3.05) is 12.4 Å². The summed E-state index contributed by atoms with van der Waals surface area (Å²) in [6, 6.07) is 4.79. The number of nitrogens with zero attached hydrogens (tertiary/aromatic N) is 3.